The van der Waals surface area contributed by atoms with Crippen molar-refractivity contribution in [2.75, 3.05) is 6.16 Å². The van der Waals surface area contributed by atoms with Crippen LogP contribution in [-0.4, -0.2) is 28.3 Å². The van der Waals surface area contributed by atoms with Gasteiger partial charge in [0.15, 0.2) is 5.78 Å². The summed E-state index contributed by atoms with van der Waals surface area (Å²) in [5.74, 6) is 0.0971. The van der Waals surface area contributed by atoms with Crippen LogP contribution in [0.3, 0.4) is 0 Å². The highest BCUT2D eigenvalue weighted by Gasteiger charge is 2.43. The Hall–Kier alpha value is -6.72. The normalized spacial score (nSPS) is 24.4. The quantitative estimate of drug-likeness (QED) is 0.128. The molecule has 2 aliphatic carbocycles. The van der Waals surface area contributed by atoms with Crippen LogP contribution in [0.1, 0.15) is 52.1 Å². The second-order valence-electron chi connectivity index (χ2n) is 19.1. The van der Waals surface area contributed by atoms with E-state index in [0.29, 0.717) is 73.6 Å². The minimum atomic E-state index is -3.58. The summed E-state index contributed by atoms with van der Waals surface area (Å²) in [6.07, 6.45) is 10.5. The van der Waals surface area contributed by atoms with Crippen molar-refractivity contribution in [2.45, 2.75) is 50.0 Å². The van der Waals surface area contributed by atoms with E-state index in [2.05, 4.69) is 6.08 Å². The molecule has 6 atom stereocenters. The van der Waals surface area contributed by atoms with Crippen molar-refractivity contribution in [3.05, 3.63) is 221 Å². The molecule has 0 radical (unpaired) electrons. The molecule has 0 bridgehead atoms. The number of hydrogen-bond acceptors (Lipinski definition) is 9. The van der Waals surface area contributed by atoms with E-state index in [-0.39, 0.29) is 54.5 Å². The summed E-state index contributed by atoms with van der Waals surface area (Å²) in [7, 11) is -10.7. The Balaban J connectivity index is 0.883. The molecule has 3 aliphatic heterocycles. The first-order chi connectivity index (χ1) is 34.5. The number of rotatable bonds is 10. The molecule has 0 amide bonds. The van der Waals surface area contributed by atoms with Crippen molar-refractivity contribution in [3.63, 3.8) is 0 Å². The zero-order valence-electron chi connectivity index (χ0n) is 38.6. The van der Waals surface area contributed by atoms with Crippen molar-refractivity contribution in [3.8, 4) is 45.3 Å². The molecule has 0 saturated carbocycles. The highest BCUT2D eigenvalue weighted by atomic mass is 31.2. The molecule has 12 rings (SSSR count). The first kappa shape index (κ1) is 45.4. The maximum Gasteiger partial charge on any atom is 0.282 e. The van der Waals surface area contributed by atoms with Crippen LogP contribution in [-0.2, 0) is 48.2 Å². The molecular formula is C59H49O9P3. The van der Waals surface area contributed by atoms with Crippen LogP contribution in [0.5, 0.6) is 23.0 Å². The minimum absolute atomic E-state index is 0.0175. The molecule has 0 aromatic heterocycles. The van der Waals surface area contributed by atoms with Gasteiger partial charge in [-0.25, -0.2) is 0 Å². The molecule has 0 fully saturated rings. The fourth-order valence-corrected chi connectivity index (χ4v) is 18.5. The maximum absolute atomic E-state index is 15.4. The Kier molecular flexibility index (Phi) is 11.4. The minimum Gasteiger partial charge on any atom is -0.507 e. The fourth-order valence-electron chi connectivity index (χ4n) is 11.2. The Morgan fingerprint density at radius 3 is 1.80 bits per heavy atom. The lowest BCUT2D eigenvalue weighted by atomic mass is 9.82. The largest absolute Gasteiger partial charge is 0.507 e. The number of fused-ring (bicyclic) bond motifs is 9. The summed E-state index contributed by atoms with van der Waals surface area (Å²) in [6, 6.07) is 46.6. The van der Waals surface area contributed by atoms with Crippen LogP contribution in [0, 0.1) is 5.92 Å². The fraction of sp³-hybridized carbons (Fsp3) is 0.169. The van der Waals surface area contributed by atoms with Gasteiger partial charge in [0.05, 0.1) is 35.2 Å². The van der Waals surface area contributed by atoms with Gasteiger partial charge in [-0.1, -0.05) is 152 Å². The Morgan fingerprint density at radius 1 is 0.535 bits per heavy atom. The molecular weight excluding hydrogens is 946 g/mol. The summed E-state index contributed by atoms with van der Waals surface area (Å²) in [6.45, 7) is 0. The molecule has 7 aromatic carbocycles. The zero-order valence-corrected chi connectivity index (χ0v) is 41.3. The summed E-state index contributed by atoms with van der Waals surface area (Å²) in [5.41, 5.74) is 7.21. The molecule has 6 unspecified atom stereocenters. The predicted octanol–water partition coefficient (Wildman–Crippen LogP) is 12.7. The van der Waals surface area contributed by atoms with Gasteiger partial charge in [-0.05, 0) is 88.5 Å². The molecule has 0 spiro atoms. The number of benzene rings is 7. The van der Waals surface area contributed by atoms with Crippen LogP contribution in [0.2, 0.25) is 0 Å². The SMILES string of the molecule is O=C1C(CP2(=O)Oc3ccccc3-c3ccccc32)=CCCC1Cc1cc(CP2(=O)OC3C=CC=CC3c3ccccc32)cc(Cc2cccc(CP3(=O)Oc4ccccc4-c4ccccc43)c2O)c1O. The summed E-state index contributed by atoms with van der Waals surface area (Å²) in [5, 5.41) is 26.2. The number of aromatic hydroxyl groups is 2. The third-order valence-corrected chi connectivity index (χ3v) is 21.8. The maximum atomic E-state index is 15.4. The van der Waals surface area contributed by atoms with Gasteiger partial charge in [0.2, 0.25) is 7.37 Å². The number of ketones is 1. The Morgan fingerprint density at radius 2 is 1.10 bits per heavy atom. The van der Waals surface area contributed by atoms with E-state index >= 15 is 4.57 Å². The van der Waals surface area contributed by atoms with Gasteiger partial charge in [0.25, 0.3) is 14.7 Å². The first-order valence-electron chi connectivity index (χ1n) is 24.0. The van der Waals surface area contributed by atoms with Crippen LogP contribution in [0.4, 0.5) is 0 Å². The molecule has 12 heteroatoms. The second-order valence-corrected chi connectivity index (χ2v) is 26.1. The van der Waals surface area contributed by atoms with Crippen molar-refractivity contribution >= 4 is 43.8 Å². The number of carbonyl (C=O) groups is 1. The van der Waals surface area contributed by atoms with Gasteiger partial charge in [-0.2, -0.15) is 0 Å². The molecule has 3 heterocycles. The zero-order chi connectivity index (χ0) is 48.5. The van der Waals surface area contributed by atoms with Crippen LogP contribution >= 0.6 is 22.1 Å². The Labute approximate surface area is 412 Å². The first-order valence-corrected chi connectivity index (χ1v) is 29.4. The van der Waals surface area contributed by atoms with E-state index in [0.717, 1.165) is 27.8 Å². The molecule has 0 saturated heterocycles. The predicted molar refractivity (Wildman–Crippen MR) is 280 cm³/mol. The van der Waals surface area contributed by atoms with Crippen molar-refractivity contribution in [1.82, 2.24) is 0 Å². The van der Waals surface area contributed by atoms with E-state index < -0.39 is 34.1 Å². The molecule has 71 heavy (non-hydrogen) atoms. The third-order valence-electron chi connectivity index (χ3n) is 14.5. The van der Waals surface area contributed by atoms with Crippen LogP contribution in [0.25, 0.3) is 22.3 Å². The highest BCUT2D eigenvalue weighted by Crippen LogP contribution is 2.60. The molecule has 7 aromatic rings. The van der Waals surface area contributed by atoms with Crippen LogP contribution in [0.15, 0.2) is 188 Å². The van der Waals surface area contributed by atoms with Gasteiger partial charge in [-0.15, -0.1) is 0 Å². The van der Waals surface area contributed by atoms with Crippen molar-refractivity contribution in [2.24, 2.45) is 5.92 Å². The topological polar surface area (TPSA) is 136 Å². The van der Waals surface area contributed by atoms with Gasteiger partial charge < -0.3 is 23.8 Å². The van der Waals surface area contributed by atoms with E-state index in [1.165, 1.54) is 0 Å². The van der Waals surface area contributed by atoms with E-state index in [1.54, 1.807) is 30.3 Å². The van der Waals surface area contributed by atoms with Crippen molar-refractivity contribution in [1.29, 1.82) is 0 Å². The number of Topliss-reactive ketones (excluding diaryl/α,β-unsaturated/α-hetero) is 1. The second kappa shape index (κ2) is 17.8. The van der Waals surface area contributed by atoms with E-state index in [9.17, 15) is 24.1 Å². The van der Waals surface area contributed by atoms with Gasteiger partial charge in [0, 0.05) is 45.8 Å². The van der Waals surface area contributed by atoms with Gasteiger partial charge in [-0.3, -0.25) is 18.5 Å². The van der Waals surface area contributed by atoms with Gasteiger partial charge >= 0.3 is 0 Å². The van der Waals surface area contributed by atoms with Crippen molar-refractivity contribution < 1.29 is 42.3 Å². The molecule has 2 N–H and O–H groups in total. The number of allylic oxidation sites excluding steroid dienone is 4. The number of carbonyl (C=O) groups excluding carboxylic acids is 1. The number of phenols is 2. The summed E-state index contributed by atoms with van der Waals surface area (Å²) >= 11 is 0. The monoisotopic (exact) mass is 994 g/mol. The third kappa shape index (κ3) is 8.10. The lowest BCUT2D eigenvalue weighted by Crippen LogP contribution is -2.32. The van der Waals surface area contributed by atoms with Crippen LogP contribution < -0.4 is 25.0 Å². The highest BCUT2D eigenvalue weighted by molar-refractivity contribution is 7.68. The molecule has 354 valence electrons. The lowest BCUT2D eigenvalue weighted by Gasteiger charge is -2.37. The number of hydrogen-bond donors (Lipinski definition) is 2. The average Bonchev–Trinajstić information content (AvgIpc) is 3.38. The molecule has 9 nitrogen and oxygen atoms in total. The van der Waals surface area contributed by atoms with Gasteiger partial charge in [0.1, 0.15) is 23.0 Å². The Bertz CT molecular complexity index is 3590. The summed E-state index contributed by atoms with van der Waals surface area (Å²) in [4.78, 5) is 14.7. The van der Waals surface area contributed by atoms with E-state index in [1.807, 2.05) is 146 Å². The smallest absolute Gasteiger partial charge is 0.282 e. The van der Waals surface area contributed by atoms with E-state index in [4.69, 9.17) is 13.6 Å². The standard InChI is InChI=1S/C59H49O9P3/c60-57-39(15-13-17-41(57)36-70(64)55-29-11-5-23-49(55)46-20-2-8-26-52(46)67-70)33-43-31-38(35-69(63)54-28-10-4-22-48(54)45-19-1-7-25-51(45)66-69)32-44(59(43)62)34-40-16-14-18-42(58(40)61)37-71(65)56-30-12-6-24-50(56)47-21-3-9-27-53(47)68-71/h1-13,15,17-32,40,45,51,60,62H,14,16,33-37H2. The lowest BCUT2D eigenvalue weighted by molar-refractivity contribution is -0.119. The number of para-hydroxylation sites is 3. The molecule has 5 aliphatic rings. The average molecular weight is 995 g/mol. The summed E-state index contributed by atoms with van der Waals surface area (Å²) < 4.78 is 64.5. The number of phenolic OH excluding ortho intramolecular Hbond substituents is 2.